The van der Waals surface area contributed by atoms with Crippen LogP contribution in [0.1, 0.15) is 23.8 Å². The van der Waals surface area contributed by atoms with Crippen molar-refractivity contribution in [3.63, 3.8) is 0 Å². The van der Waals surface area contributed by atoms with Gasteiger partial charge < -0.3 is 36.1 Å². The number of aliphatic hydroxyl groups is 2. The number of rotatable bonds is 7. The van der Waals surface area contributed by atoms with E-state index in [1.54, 1.807) is 0 Å². The zero-order chi connectivity index (χ0) is 22.4. The standard InChI is InChI=1S/C21H24N4O6/c22-16(9-14-5-2-1-3-6-14)21(28)23-8-4-7-15-10-19(25(29)30)24(12-15)20-11-17(27)18(13-26)31-20/h1-3,5-6,10,12,16-18,20,26-27H,8-9,11,13,22H2,(H,23,28)/t16-,17-,18+,20+/m0/s1. The van der Waals surface area contributed by atoms with Crippen LogP contribution in [-0.4, -0.2) is 57.0 Å². The van der Waals surface area contributed by atoms with Crippen LogP contribution in [0, 0.1) is 22.0 Å². The second kappa shape index (κ2) is 10.2. The smallest absolute Gasteiger partial charge is 0.326 e. The Morgan fingerprint density at radius 2 is 2.16 bits per heavy atom. The Morgan fingerprint density at radius 1 is 1.42 bits per heavy atom. The predicted octanol–water partition coefficient (Wildman–Crippen LogP) is 0.0747. The van der Waals surface area contributed by atoms with Crippen LogP contribution in [0.15, 0.2) is 42.6 Å². The van der Waals surface area contributed by atoms with Crippen LogP contribution in [-0.2, 0) is 16.0 Å². The third-order valence-corrected chi connectivity index (χ3v) is 4.93. The number of nitrogens with one attached hydrogen (secondary N) is 1. The molecule has 5 N–H and O–H groups in total. The van der Waals surface area contributed by atoms with Crippen molar-refractivity contribution in [2.45, 2.75) is 37.3 Å². The molecule has 1 fully saturated rings. The van der Waals surface area contributed by atoms with Gasteiger partial charge in [0.2, 0.25) is 12.1 Å². The van der Waals surface area contributed by atoms with E-state index in [0.717, 1.165) is 5.56 Å². The molecule has 0 unspecified atom stereocenters. The molecule has 164 valence electrons. The summed E-state index contributed by atoms with van der Waals surface area (Å²) in [4.78, 5) is 22.9. The average molecular weight is 428 g/mol. The second-order valence-electron chi connectivity index (χ2n) is 7.18. The number of amides is 1. The molecule has 1 amide bonds. The Labute approximate surface area is 178 Å². The van der Waals surface area contributed by atoms with Gasteiger partial charge in [-0.2, -0.15) is 0 Å². The molecular formula is C21H24N4O6. The average Bonchev–Trinajstić information content (AvgIpc) is 3.35. The summed E-state index contributed by atoms with van der Waals surface area (Å²) in [5.74, 6) is 4.93. The maximum Gasteiger partial charge on any atom is 0.326 e. The predicted molar refractivity (Wildman–Crippen MR) is 111 cm³/mol. The Hall–Kier alpha value is -3.23. The monoisotopic (exact) mass is 428 g/mol. The minimum Gasteiger partial charge on any atom is -0.394 e. The van der Waals surface area contributed by atoms with Gasteiger partial charge in [-0.1, -0.05) is 42.2 Å². The van der Waals surface area contributed by atoms with Gasteiger partial charge in [0.15, 0.2) is 0 Å². The van der Waals surface area contributed by atoms with Gasteiger partial charge in [0, 0.05) is 6.42 Å². The molecule has 1 aromatic carbocycles. The fourth-order valence-electron chi connectivity index (χ4n) is 3.33. The number of nitrogens with zero attached hydrogens (tertiary/aromatic N) is 2. The number of nitrogens with two attached hydrogens (primary N) is 1. The number of carbonyl (C=O) groups excluding carboxylic acids is 1. The summed E-state index contributed by atoms with van der Waals surface area (Å²) < 4.78 is 6.76. The normalized spacial score (nSPS) is 21.2. The highest BCUT2D eigenvalue weighted by Crippen LogP contribution is 2.33. The topological polar surface area (TPSA) is 153 Å². The van der Waals surface area contributed by atoms with E-state index in [0.29, 0.717) is 12.0 Å². The molecule has 4 atom stereocenters. The first-order chi connectivity index (χ1) is 14.9. The van der Waals surface area contributed by atoms with Gasteiger partial charge in [-0.15, -0.1) is 0 Å². The van der Waals surface area contributed by atoms with Gasteiger partial charge in [-0.25, -0.2) is 4.57 Å². The van der Waals surface area contributed by atoms with Crippen LogP contribution < -0.4 is 11.1 Å². The van der Waals surface area contributed by atoms with Crippen molar-refractivity contribution in [1.29, 1.82) is 0 Å². The van der Waals surface area contributed by atoms with Crippen LogP contribution in [0.5, 0.6) is 0 Å². The van der Waals surface area contributed by atoms with E-state index in [1.165, 1.54) is 16.8 Å². The molecule has 1 aromatic heterocycles. The SMILES string of the molecule is N[C@@H](Cc1ccccc1)C(=O)NCC#Cc1cc([N+](=O)[O-])n([C@H]2C[C@H](O)[C@@H](CO)O2)c1. The maximum atomic E-state index is 12.1. The number of hydrogen-bond acceptors (Lipinski definition) is 7. The molecule has 0 spiro atoms. The van der Waals surface area contributed by atoms with Gasteiger partial charge in [-0.05, 0) is 16.9 Å². The molecule has 0 bridgehead atoms. The summed E-state index contributed by atoms with van der Waals surface area (Å²) in [5.41, 5.74) is 7.22. The molecule has 1 saturated heterocycles. The van der Waals surface area contributed by atoms with Gasteiger partial charge in [0.1, 0.15) is 12.3 Å². The molecule has 1 aliphatic heterocycles. The number of aromatic nitrogens is 1. The quantitative estimate of drug-likeness (QED) is 0.277. The number of aliphatic hydroxyl groups excluding tert-OH is 2. The van der Waals surface area contributed by atoms with E-state index >= 15 is 0 Å². The summed E-state index contributed by atoms with van der Waals surface area (Å²) >= 11 is 0. The fraction of sp³-hybridized carbons (Fsp3) is 0.381. The Morgan fingerprint density at radius 3 is 2.81 bits per heavy atom. The van der Waals surface area contributed by atoms with Crippen LogP contribution in [0.3, 0.4) is 0 Å². The zero-order valence-electron chi connectivity index (χ0n) is 16.7. The van der Waals surface area contributed by atoms with E-state index < -0.39 is 29.4 Å². The number of carbonyl (C=O) groups is 1. The van der Waals surface area contributed by atoms with Crippen LogP contribution >= 0.6 is 0 Å². The molecule has 0 aliphatic carbocycles. The number of hydrogen-bond donors (Lipinski definition) is 4. The molecule has 1 aliphatic rings. The van der Waals surface area contributed by atoms with Crippen LogP contribution in [0.2, 0.25) is 0 Å². The van der Waals surface area contributed by atoms with Gasteiger partial charge in [-0.3, -0.25) is 4.79 Å². The van der Waals surface area contributed by atoms with Crippen LogP contribution in [0.4, 0.5) is 5.82 Å². The Bertz CT molecular complexity index is 981. The first-order valence-electron chi connectivity index (χ1n) is 9.75. The largest absolute Gasteiger partial charge is 0.394 e. The molecule has 0 saturated carbocycles. The zero-order valence-corrected chi connectivity index (χ0v) is 16.7. The minimum atomic E-state index is -0.915. The third kappa shape index (κ3) is 5.68. The lowest BCUT2D eigenvalue weighted by Gasteiger charge is -2.10. The van der Waals surface area contributed by atoms with Crippen molar-refractivity contribution in [3.05, 3.63) is 63.8 Å². The molecule has 3 rings (SSSR count). The van der Waals surface area contributed by atoms with E-state index in [-0.39, 0.29) is 31.3 Å². The van der Waals surface area contributed by atoms with Gasteiger partial charge in [0.25, 0.3) is 0 Å². The van der Waals surface area contributed by atoms with Crippen molar-refractivity contribution in [1.82, 2.24) is 9.88 Å². The van der Waals surface area contributed by atoms with Gasteiger partial charge in [0.05, 0.1) is 36.9 Å². The van der Waals surface area contributed by atoms with Crippen molar-refractivity contribution >= 4 is 11.7 Å². The highest BCUT2D eigenvalue weighted by atomic mass is 16.6. The summed E-state index contributed by atoms with van der Waals surface area (Å²) in [6, 6.07) is 9.99. The van der Waals surface area contributed by atoms with Crippen molar-refractivity contribution < 1.29 is 24.7 Å². The second-order valence-corrected chi connectivity index (χ2v) is 7.18. The molecule has 31 heavy (non-hydrogen) atoms. The summed E-state index contributed by atoms with van der Waals surface area (Å²) in [5, 5.41) is 33.1. The van der Waals surface area contributed by atoms with Crippen molar-refractivity contribution in [2.24, 2.45) is 5.73 Å². The van der Waals surface area contributed by atoms with E-state index in [9.17, 15) is 25.1 Å². The van der Waals surface area contributed by atoms with Crippen LogP contribution in [0.25, 0.3) is 0 Å². The Kier molecular flexibility index (Phi) is 7.38. The molecule has 2 heterocycles. The Balaban J connectivity index is 1.59. The lowest BCUT2D eigenvalue weighted by molar-refractivity contribution is -0.393. The fourth-order valence-corrected chi connectivity index (χ4v) is 3.33. The van der Waals surface area contributed by atoms with E-state index in [2.05, 4.69) is 17.2 Å². The van der Waals surface area contributed by atoms with Crippen molar-refractivity contribution in [2.75, 3.05) is 13.2 Å². The molecule has 0 radical (unpaired) electrons. The molecule has 10 heteroatoms. The molecule has 2 aromatic rings. The number of ether oxygens (including phenoxy) is 1. The minimum absolute atomic E-state index is 0.0333. The molecule has 10 nitrogen and oxygen atoms in total. The maximum absolute atomic E-state index is 12.1. The first-order valence-corrected chi connectivity index (χ1v) is 9.75. The highest BCUT2D eigenvalue weighted by molar-refractivity contribution is 5.82. The van der Waals surface area contributed by atoms with Gasteiger partial charge >= 0.3 is 5.82 Å². The van der Waals surface area contributed by atoms with E-state index in [4.69, 9.17) is 10.5 Å². The summed E-state index contributed by atoms with van der Waals surface area (Å²) in [6.45, 7) is -0.350. The highest BCUT2D eigenvalue weighted by Gasteiger charge is 2.39. The number of nitro groups is 1. The lowest BCUT2D eigenvalue weighted by atomic mass is 10.1. The first kappa shape index (κ1) is 22.5. The third-order valence-electron chi connectivity index (χ3n) is 4.93. The van der Waals surface area contributed by atoms with E-state index in [1.807, 2.05) is 30.3 Å². The molecular weight excluding hydrogens is 404 g/mol. The van der Waals surface area contributed by atoms with Crippen molar-refractivity contribution in [3.8, 4) is 11.8 Å². The summed E-state index contributed by atoms with van der Waals surface area (Å²) in [6.07, 6.45) is -0.525. The summed E-state index contributed by atoms with van der Waals surface area (Å²) in [7, 11) is 0. The number of benzene rings is 1. The lowest BCUT2D eigenvalue weighted by Crippen LogP contribution is -2.42.